The lowest BCUT2D eigenvalue weighted by Gasteiger charge is -2.19. The van der Waals surface area contributed by atoms with Gasteiger partial charge in [-0.15, -0.1) is 0 Å². The van der Waals surface area contributed by atoms with Crippen LogP contribution in [0.1, 0.15) is 13.8 Å². The van der Waals surface area contributed by atoms with Crippen LogP contribution in [0.4, 0.5) is 0 Å². The summed E-state index contributed by atoms with van der Waals surface area (Å²) in [5, 5.41) is 18.4. The van der Waals surface area contributed by atoms with Crippen LogP contribution in [0, 0.1) is 0 Å². The van der Waals surface area contributed by atoms with Gasteiger partial charge in [-0.25, -0.2) is 0 Å². The van der Waals surface area contributed by atoms with Crippen molar-refractivity contribution in [2.45, 2.75) is 31.7 Å². The van der Waals surface area contributed by atoms with Crippen molar-refractivity contribution in [2.24, 2.45) is 0 Å². The lowest BCUT2D eigenvalue weighted by atomic mass is 10.0. The van der Waals surface area contributed by atoms with Crippen LogP contribution in [0.3, 0.4) is 0 Å². The highest BCUT2D eigenvalue weighted by atomic mass is 16.5. The molecule has 0 radical (unpaired) electrons. The number of ether oxygens (including phenoxy) is 1. The van der Waals surface area contributed by atoms with Crippen LogP contribution in [0.5, 0.6) is 0 Å². The SMILES string of the molecule is CC1OC[C@](C)(O)[C@@H]1O. The second-order valence-electron chi connectivity index (χ2n) is 2.82. The third-order valence-corrected chi connectivity index (χ3v) is 1.72. The molecule has 1 heterocycles. The van der Waals surface area contributed by atoms with E-state index in [9.17, 15) is 5.11 Å². The molecular weight excluding hydrogens is 120 g/mol. The summed E-state index contributed by atoms with van der Waals surface area (Å²) in [6, 6.07) is 0. The van der Waals surface area contributed by atoms with Crippen LogP contribution in [0.2, 0.25) is 0 Å². The molecule has 3 nitrogen and oxygen atoms in total. The topological polar surface area (TPSA) is 49.7 Å². The Morgan fingerprint density at radius 1 is 1.67 bits per heavy atom. The maximum atomic E-state index is 9.26. The molecular formula is C6H12O3. The molecule has 3 heteroatoms. The zero-order chi connectivity index (χ0) is 7.07. The van der Waals surface area contributed by atoms with Gasteiger partial charge in [0, 0.05) is 0 Å². The summed E-state index contributed by atoms with van der Waals surface area (Å²) in [6.45, 7) is 3.54. The molecule has 0 bridgehead atoms. The number of hydrogen-bond donors (Lipinski definition) is 2. The van der Waals surface area contributed by atoms with Crippen molar-refractivity contribution in [3.05, 3.63) is 0 Å². The van der Waals surface area contributed by atoms with Gasteiger partial charge in [-0.3, -0.25) is 0 Å². The Balaban J connectivity index is 2.62. The van der Waals surface area contributed by atoms with Gasteiger partial charge in [-0.2, -0.15) is 0 Å². The minimum atomic E-state index is -1.04. The van der Waals surface area contributed by atoms with Gasteiger partial charge in [0.2, 0.25) is 0 Å². The first kappa shape index (κ1) is 6.99. The molecule has 0 aliphatic carbocycles. The van der Waals surface area contributed by atoms with E-state index in [0.29, 0.717) is 0 Å². The summed E-state index contributed by atoms with van der Waals surface area (Å²) in [4.78, 5) is 0. The average molecular weight is 132 g/mol. The van der Waals surface area contributed by atoms with E-state index < -0.39 is 11.7 Å². The number of aliphatic hydroxyl groups is 2. The van der Waals surface area contributed by atoms with Crippen molar-refractivity contribution in [1.82, 2.24) is 0 Å². The average Bonchev–Trinajstić information content (AvgIpc) is 1.97. The Morgan fingerprint density at radius 2 is 2.22 bits per heavy atom. The van der Waals surface area contributed by atoms with Crippen LogP contribution in [-0.2, 0) is 4.74 Å². The largest absolute Gasteiger partial charge is 0.387 e. The molecule has 1 unspecified atom stereocenters. The summed E-state index contributed by atoms with van der Waals surface area (Å²) < 4.78 is 4.98. The van der Waals surface area contributed by atoms with Crippen LogP contribution in [0.25, 0.3) is 0 Å². The van der Waals surface area contributed by atoms with E-state index in [2.05, 4.69) is 0 Å². The molecule has 0 saturated carbocycles. The summed E-state index contributed by atoms with van der Waals surface area (Å²) in [5.41, 5.74) is -1.04. The van der Waals surface area contributed by atoms with Gasteiger partial charge in [0.05, 0.1) is 12.7 Å². The molecule has 0 amide bonds. The Bertz CT molecular complexity index is 111. The van der Waals surface area contributed by atoms with Crippen molar-refractivity contribution >= 4 is 0 Å². The highest BCUT2D eigenvalue weighted by molar-refractivity contribution is 4.91. The molecule has 1 aliphatic heterocycles. The molecule has 1 saturated heterocycles. The first-order chi connectivity index (χ1) is 4.04. The molecule has 2 N–H and O–H groups in total. The predicted octanol–water partition coefficient (Wildman–Crippen LogP) is -0.483. The van der Waals surface area contributed by atoms with Crippen molar-refractivity contribution < 1.29 is 14.9 Å². The zero-order valence-electron chi connectivity index (χ0n) is 5.66. The minimum Gasteiger partial charge on any atom is -0.387 e. The normalized spacial score (nSPS) is 52.0. The van der Waals surface area contributed by atoms with Gasteiger partial charge in [0.25, 0.3) is 0 Å². The molecule has 1 rings (SSSR count). The fourth-order valence-corrected chi connectivity index (χ4v) is 0.982. The van der Waals surface area contributed by atoms with E-state index in [1.165, 1.54) is 0 Å². The molecule has 54 valence electrons. The van der Waals surface area contributed by atoms with Crippen LogP contribution < -0.4 is 0 Å². The monoisotopic (exact) mass is 132 g/mol. The Labute approximate surface area is 54.3 Å². The lowest BCUT2D eigenvalue weighted by molar-refractivity contribution is -0.0338. The first-order valence-corrected chi connectivity index (χ1v) is 3.06. The molecule has 1 aliphatic rings. The van der Waals surface area contributed by atoms with E-state index in [1.54, 1.807) is 13.8 Å². The van der Waals surface area contributed by atoms with Crippen LogP contribution in [-0.4, -0.2) is 34.6 Å². The smallest absolute Gasteiger partial charge is 0.113 e. The van der Waals surface area contributed by atoms with E-state index in [4.69, 9.17) is 9.84 Å². The van der Waals surface area contributed by atoms with Crippen LogP contribution in [0.15, 0.2) is 0 Å². The summed E-state index contributed by atoms with van der Waals surface area (Å²) in [7, 11) is 0. The summed E-state index contributed by atoms with van der Waals surface area (Å²) in [6.07, 6.45) is -0.975. The van der Waals surface area contributed by atoms with Gasteiger partial charge in [-0.1, -0.05) is 0 Å². The maximum Gasteiger partial charge on any atom is 0.113 e. The van der Waals surface area contributed by atoms with Gasteiger partial charge in [0.1, 0.15) is 11.7 Å². The zero-order valence-corrected chi connectivity index (χ0v) is 5.66. The highest BCUT2D eigenvalue weighted by Gasteiger charge is 2.41. The quantitative estimate of drug-likeness (QED) is 0.468. The van der Waals surface area contributed by atoms with Gasteiger partial charge < -0.3 is 14.9 Å². The lowest BCUT2D eigenvalue weighted by Crippen LogP contribution is -2.39. The standard InChI is InChI=1S/C6H12O3/c1-4-5(7)6(2,8)3-9-4/h4-5,7-8H,3H2,1-2H3/t4?,5-,6+/m1/s1. The fourth-order valence-electron chi connectivity index (χ4n) is 0.982. The summed E-state index contributed by atoms with van der Waals surface area (Å²) >= 11 is 0. The highest BCUT2D eigenvalue weighted by Crippen LogP contribution is 2.23. The second-order valence-corrected chi connectivity index (χ2v) is 2.82. The van der Waals surface area contributed by atoms with Gasteiger partial charge in [-0.05, 0) is 13.8 Å². The van der Waals surface area contributed by atoms with E-state index in [1.807, 2.05) is 0 Å². The third kappa shape index (κ3) is 1.08. The molecule has 1 fully saturated rings. The Hall–Kier alpha value is -0.120. The predicted molar refractivity (Wildman–Crippen MR) is 32.0 cm³/mol. The third-order valence-electron chi connectivity index (χ3n) is 1.72. The number of hydrogen-bond acceptors (Lipinski definition) is 3. The molecule has 0 aromatic rings. The van der Waals surface area contributed by atoms with Crippen LogP contribution >= 0.6 is 0 Å². The van der Waals surface area contributed by atoms with E-state index in [-0.39, 0.29) is 12.7 Å². The van der Waals surface area contributed by atoms with E-state index in [0.717, 1.165) is 0 Å². The van der Waals surface area contributed by atoms with Crippen molar-refractivity contribution in [3.8, 4) is 0 Å². The molecule has 0 aromatic carbocycles. The van der Waals surface area contributed by atoms with Crippen molar-refractivity contribution in [3.63, 3.8) is 0 Å². The van der Waals surface area contributed by atoms with Crippen molar-refractivity contribution in [2.75, 3.05) is 6.61 Å². The molecule has 0 aromatic heterocycles. The van der Waals surface area contributed by atoms with E-state index >= 15 is 0 Å². The fraction of sp³-hybridized carbons (Fsp3) is 1.00. The first-order valence-electron chi connectivity index (χ1n) is 3.06. The maximum absolute atomic E-state index is 9.26. The number of aliphatic hydroxyl groups excluding tert-OH is 1. The molecule has 9 heavy (non-hydrogen) atoms. The minimum absolute atomic E-state index is 0.231. The van der Waals surface area contributed by atoms with Crippen molar-refractivity contribution in [1.29, 1.82) is 0 Å². The second kappa shape index (κ2) is 1.94. The number of rotatable bonds is 0. The Morgan fingerprint density at radius 3 is 2.33 bits per heavy atom. The molecule has 0 spiro atoms. The summed E-state index contributed by atoms with van der Waals surface area (Å²) in [5.74, 6) is 0. The van der Waals surface area contributed by atoms with Gasteiger partial charge in [0.15, 0.2) is 0 Å². The van der Waals surface area contributed by atoms with Gasteiger partial charge >= 0.3 is 0 Å². The Kier molecular flexibility index (Phi) is 1.50. The molecule has 3 atom stereocenters.